The lowest BCUT2D eigenvalue weighted by Gasteiger charge is -2.07. The van der Waals surface area contributed by atoms with Gasteiger partial charge in [0.1, 0.15) is 0 Å². The molecular weight excluding hydrogens is 403 g/mol. The predicted molar refractivity (Wildman–Crippen MR) is 112 cm³/mol. The summed E-state index contributed by atoms with van der Waals surface area (Å²) in [5.41, 5.74) is 3.52. The van der Waals surface area contributed by atoms with Crippen molar-refractivity contribution in [3.05, 3.63) is 57.6 Å². The van der Waals surface area contributed by atoms with Crippen molar-refractivity contribution in [1.82, 2.24) is 14.8 Å². The molecule has 27 heavy (non-hydrogen) atoms. The lowest BCUT2D eigenvalue weighted by molar-refractivity contribution is -0.113. The molecule has 1 heterocycles. The molecule has 1 aromatic heterocycles. The van der Waals surface area contributed by atoms with Gasteiger partial charge in [-0.1, -0.05) is 53.2 Å². The summed E-state index contributed by atoms with van der Waals surface area (Å²) in [5, 5.41) is 13.2. The van der Waals surface area contributed by atoms with E-state index in [0.29, 0.717) is 26.7 Å². The predicted octanol–water partition coefficient (Wildman–Crippen LogP) is 5.14. The molecule has 0 radical (unpaired) electrons. The largest absolute Gasteiger partial charge is 0.325 e. The van der Waals surface area contributed by atoms with Gasteiger partial charge in [0.15, 0.2) is 11.0 Å². The third-order valence-corrected chi connectivity index (χ3v) is 5.89. The van der Waals surface area contributed by atoms with Gasteiger partial charge in [-0.25, -0.2) is 0 Å². The average Bonchev–Trinajstić information content (AvgIpc) is 2.99. The van der Waals surface area contributed by atoms with E-state index in [1.165, 1.54) is 11.8 Å². The van der Waals surface area contributed by atoms with Crippen molar-refractivity contribution in [2.24, 2.45) is 7.05 Å². The fraction of sp³-hybridized carbons (Fsp3) is 0.211. The van der Waals surface area contributed by atoms with E-state index in [-0.39, 0.29) is 11.7 Å². The van der Waals surface area contributed by atoms with Crippen molar-refractivity contribution in [2.45, 2.75) is 19.0 Å². The third-order valence-electron chi connectivity index (χ3n) is 4.05. The Kier molecular flexibility index (Phi) is 6.09. The smallest absolute Gasteiger partial charge is 0.234 e. The number of rotatable bonds is 5. The Balaban J connectivity index is 1.66. The second kappa shape index (κ2) is 8.33. The van der Waals surface area contributed by atoms with Gasteiger partial charge in [0.05, 0.1) is 5.75 Å². The number of thioether (sulfide) groups is 1. The quantitative estimate of drug-likeness (QED) is 0.580. The highest BCUT2D eigenvalue weighted by atomic mass is 35.5. The number of anilines is 1. The number of carbonyl (C=O) groups is 1. The van der Waals surface area contributed by atoms with Crippen LogP contribution in [0.15, 0.2) is 41.6 Å². The summed E-state index contributed by atoms with van der Waals surface area (Å²) in [7, 11) is 1.86. The first-order chi connectivity index (χ1) is 12.8. The van der Waals surface area contributed by atoms with E-state index in [0.717, 1.165) is 16.7 Å². The summed E-state index contributed by atoms with van der Waals surface area (Å²) in [6.45, 7) is 3.86. The number of nitrogens with zero attached hydrogens (tertiary/aromatic N) is 3. The third kappa shape index (κ3) is 4.64. The van der Waals surface area contributed by atoms with Crippen LogP contribution in [0.25, 0.3) is 11.4 Å². The Labute approximate surface area is 172 Å². The molecule has 1 N–H and O–H groups in total. The maximum Gasteiger partial charge on any atom is 0.234 e. The Morgan fingerprint density at radius 1 is 1.07 bits per heavy atom. The normalized spacial score (nSPS) is 10.9. The van der Waals surface area contributed by atoms with Crippen LogP contribution in [0.4, 0.5) is 5.69 Å². The van der Waals surface area contributed by atoms with Gasteiger partial charge in [-0.3, -0.25) is 4.79 Å². The van der Waals surface area contributed by atoms with Crippen LogP contribution in [-0.2, 0) is 11.8 Å². The summed E-state index contributed by atoms with van der Waals surface area (Å²) in [5.74, 6) is 0.777. The lowest BCUT2D eigenvalue weighted by atomic mass is 10.1. The summed E-state index contributed by atoms with van der Waals surface area (Å²) < 4.78 is 1.85. The van der Waals surface area contributed by atoms with Crippen molar-refractivity contribution >= 4 is 46.6 Å². The van der Waals surface area contributed by atoms with Gasteiger partial charge >= 0.3 is 0 Å². The Morgan fingerprint density at radius 2 is 1.74 bits per heavy atom. The van der Waals surface area contributed by atoms with Crippen LogP contribution in [0.1, 0.15) is 11.1 Å². The number of aryl methyl sites for hydroxylation is 2. The summed E-state index contributed by atoms with van der Waals surface area (Å²) in [4.78, 5) is 12.2. The van der Waals surface area contributed by atoms with Crippen LogP contribution < -0.4 is 5.32 Å². The van der Waals surface area contributed by atoms with Crippen LogP contribution in [0.5, 0.6) is 0 Å². The molecule has 0 fully saturated rings. The average molecular weight is 421 g/mol. The first-order valence-electron chi connectivity index (χ1n) is 8.20. The van der Waals surface area contributed by atoms with E-state index in [2.05, 4.69) is 15.5 Å². The molecule has 140 valence electrons. The fourth-order valence-electron chi connectivity index (χ4n) is 2.42. The topological polar surface area (TPSA) is 59.8 Å². The summed E-state index contributed by atoms with van der Waals surface area (Å²) >= 11 is 13.6. The summed E-state index contributed by atoms with van der Waals surface area (Å²) in [6.07, 6.45) is 0. The molecular formula is C19H18Cl2N4OS. The Morgan fingerprint density at radius 3 is 2.41 bits per heavy atom. The minimum atomic E-state index is -0.136. The highest BCUT2D eigenvalue weighted by Gasteiger charge is 2.14. The summed E-state index contributed by atoms with van der Waals surface area (Å²) in [6, 6.07) is 11.2. The van der Waals surface area contributed by atoms with Crippen LogP contribution in [-0.4, -0.2) is 26.4 Å². The molecule has 0 spiro atoms. The standard InChI is InChI=1S/C19H18Cl2N4OS/c1-11-4-6-13(8-15(11)20)18-23-24-19(25(18)3)27-10-17(26)22-14-7-5-12(2)16(21)9-14/h4-9H,10H2,1-3H3,(H,22,26). The number of hydrogen-bond donors (Lipinski definition) is 1. The van der Waals surface area contributed by atoms with Crippen molar-refractivity contribution in [3.8, 4) is 11.4 Å². The molecule has 0 aliphatic heterocycles. The van der Waals surface area contributed by atoms with Crippen molar-refractivity contribution in [3.63, 3.8) is 0 Å². The van der Waals surface area contributed by atoms with E-state index in [4.69, 9.17) is 23.2 Å². The number of hydrogen-bond acceptors (Lipinski definition) is 4. The number of aromatic nitrogens is 3. The van der Waals surface area contributed by atoms with E-state index in [1.54, 1.807) is 6.07 Å². The zero-order valence-electron chi connectivity index (χ0n) is 15.1. The molecule has 0 unspecified atom stereocenters. The first kappa shape index (κ1) is 19.7. The molecule has 0 saturated heterocycles. The van der Waals surface area contributed by atoms with Gasteiger partial charge in [0.2, 0.25) is 5.91 Å². The van der Waals surface area contributed by atoms with Crippen molar-refractivity contribution < 1.29 is 4.79 Å². The van der Waals surface area contributed by atoms with Crippen molar-refractivity contribution in [1.29, 1.82) is 0 Å². The van der Waals surface area contributed by atoms with Gasteiger partial charge in [-0.15, -0.1) is 10.2 Å². The minimum absolute atomic E-state index is 0.136. The second-order valence-corrected chi connectivity index (χ2v) is 7.89. The molecule has 0 aliphatic carbocycles. The number of benzene rings is 2. The molecule has 3 rings (SSSR count). The lowest BCUT2D eigenvalue weighted by Crippen LogP contribution is -2.14. The molecule has 0 bridgehead atoms. The monoisotopic (exact) mass is 420 g/mol. The van der Waals surface area contributed by atoms with E-state index >= 15 is 0 Å². The first-order valence-corrected chi connectivity index (χ1v) is 9.94. The van der Waals surface area contributed by atoms with Crippen LogP contribution in [0, 0.1) is 13.8 Å². The van der Waals surface area contributed by atoms with Crippen molar-refractivity contribution in [2.75, 3.05) is 11.1 Å². The van der Waals surface area contributed by atoms with Crippen LogP contribution >= 0.6 is 35.0 Å². The SMILES string of the molecule is Cc1ccc(NC(=O)CSc2nnc(-c3ccc(C)c(Cl)c3)n2C)cc1Cl. The van der Waals surface area contributed by atoms with Crippen LogP contribution in [0.2, 0.25) is 10.0 Å². The van der Waals surface area contributed by atoms with Gasteiger partial charge in [0.25, 0.3) is 0 Å². The number of amides is 1. The van der Waals surface area contributed by atoms with E-state index in [9.17, 15) is 4.79 Å². The highest BCUT2D eigenvalue weighted by molar-refractivity contribution is 7.99. The number of carbonyl (C=O) groups excluding carboxylic acids is 1. The number of halogens is 2. The zero-order valence-corrected chi connectivity index (χ0v) is 17.4. The molecule has 5 nitrogen and oxygen atoms in total. The number of nitrogens with one attached hydrogen (secondary N) is 1. The molecule has 0 aliphatic rings. The van der Waals surface area contributed by atoms with E-state index < -0.39 is 0 Å². The Bertz CT molecular complexity index is 1000. The maximum absolute atomic E-state index is 12.2. The highest BCUT2D eigenvalue weighted by Crippen LogP contribution is 2.27. The zero-order chi connectivity index (χ0) is 19.6. The molecule has 3 aromatic rings. The van der Waals surface area contributed by atoms with Gasteiger partial charge < -0.3 is 9.88 Å². The fourth-order valence-corrected chi connectivity index (χ4v) is 3.49. The van der Waals surface area contributed by atoms with E-state index in [1.807, 2.05) is 55.8 Å². The molecule has 0 atom stereocenters. The molecule has 2 aromatic carbocycles. The molecule has 0 saturated carbocycles. The van der Waals surface area contributed by atoms with Crippen LogP contribution in [0.3, 0.4) is 0 Å². The second-order valence-electron chi connectivity index (χ2n) is 6.13. The van der Waals surface area contributed by atoms with Gasteiger partial charge in [0, 0.05) is 28.3 Å². The van der Waals surface area contributed by atoms with Gasteiger partial charge in [-0.2, -0.15) is 0 Å². The Hall–Kier alpha value is -2.02. The molecule has 1 amide bonds. The minimum Gasteiger partial charge on any atom is -0.325 e. The molecule has 8 heteroatoms. The maximum atomic E-state index is 12.2. The van der Waals surface area contributed by atoms with Gasteiger partial charge in [-0.05, 0) is 43.2 Å².